The molecule has 2 fully saturated rings. The molecule has 3 atom stereocenters. The number of hydrogen-bond acceptors (Lipinski definition) is 3. The molecule has 1 aromatic rings. The normalized spacial score (nSPS) is 28.7. The summed E-state index contributed by atoms with van der Waals surface area (Å²) < 4.78 is 1.85. The van der Waals surface area contributed by atoms with Gasteiger partial charge in [0, 0.05) is 39.4 Å². The highest BCUT2D eigenvalue weighted by Gasteiger charge is 2.48. The Morgan fingerprint density at radius 1 is 1.29 bits per heavy atom. The first kappa shape index (κ1) is 14.1. The summed E-state index contributed by atoms with van der Waals surface area (Å²) in [5.74, 6) is 0.551. The fourth-order valence-electron chi connectivity index (χ4n) is 3.70. The number of amides is 2. The zero-order valence-electron chi connectivity index (χ0n) is 12.7. The molecule has 0 radical (unpaired) electrons. The van der Waals surface area contributed by atoms with Crippen LogP contribution in [0.2, 0.25) is 0 Å². The summed E-state index contributed by atoms with van der Waals surface area (Å²) in [5, 5.41) is 2.73. The first-order valence-corrected chi connectivity index (χ1v) is 7.37. The Morgan fingerprint density at radius 2 is 2.05 bits per heavy atom. The summed E-state index contributed by atoms with van der Waals surface area (Å²) in [6.45, 7) is 1.45. The lowest BCUT2D eigenvalue weighted by Crippen LogP contribution is -2.45. The van der Waals surface area contributed by atoms with Crippen molar-refractivity contribution in [1.29, 1.82) is 0 Å². The average Bonchev–Trinajstić information content (AvgIpc) is 3.14. The van der Waals surface area contributed by atoms with Gasteiger partial charge in [-0.3, -0.25) is 14.5 Å². The van der Waals surface area contributed by atoms with E-state index in [1.54, 1.807) is 7.05 Å². The van der Waals surface area contributed by atoms with Crippen molar-refractivity contribution in [2.45, 2.75) is 18.5 Å². The second kappa shape index (κ2) is 5.18. The van der Waals surface area contributed by atoms with Crippen molar-refractivity contribution in [3.8, 4) is 0 Å². The van der Waals surface area contributed by atoms with E-state index in [-0.39, 0.29) is 23.9 Å². The first-order valence-electron chi connectivity index (χ1n) is 7.37. The van der Waals surface area contributed by atoms with Gasteiger partial charge in [-0.05, 0) is 31.5 Å². The van der Waals surface area contributed by atoms with Gasteiger partial charge in [-0.1, -0.05) is 0 Å². The van der Waals surface area contributed by atoms with Crippen LogP contribution < -0.4 is 5.32 Å². The standard InChI is InChI=1S/C15H22N4O2/c1-16-14(20)12-7-10-8-19(9-13(10)18(12)3)15(21)11-5-4-6-17(11)2/h4-6,10,12-13H,7-9H2,1-3H3,(H,16,20)/t10-,12-,13+/m1/s1. The lowest BCUT2D eigenvalue weighted by atomic mass is 10.0. The van der Waals surface area contributed by atoms with Crippen molar-refractivity contribution in [3.63, 3.8) is 0 Å². The van der Waals surface area contributed by atoms with Crippen LogP contribution in [0.15, 0.2) is 18.3 Å². The van der Waals surface area contributed by atoms with E-state index in [9.17, 15) is 9.59 Å². The fourth-order valence-corrected chi connectivity index (χ4v) is 3.70. The number of rotatable bonds is 2. The number of aromatic nitrogens is 1. The third kappa shape index (κ3) is 2.23. The van der Waals surface area contributed by atoms with Crippen LogP contribution in [0.25, 0.3) is 0 Å². The molecule has 0 bridgehead atoms. The Balaban J connectivity index is 1.70. The molecule has 0 aromatic carbocycles. The van der Waals surface area contributed by atoms with Crippen LogP contribution in [0.5, 0.6) is 0 Å². The maximum atomic E-state index is 12.5. The van der Waals surface area contributed by atoms with E-state index in [0.717, 1.165) is 18.7 Å². The maximum absolute atomic E-state index is 12.5. The van der Waals surface area contributed by atoms with Crippen LogP contribution in [0, 0.1) is 5.92 Å². The number of hydrogen-bond donors (Lipinski definition) is 1. The molecule has 0 aliphatic carbocycles. The highest BCUT2D eigenvalue weighted by atomic mass is 16.2. The lowest BCUT2D eigenvalue weighted by molar-refractivity contribution is -0.125. The van der Waals surface area contributed by atoms with Gasteiger partial charge in [0.25, 0.3) is 5.91 Å². The second-order valence-corrected chi connectivity index (χ2v) is 6.07. The van der Waals surface area contributed by atoms with E-state index in [1.807, 2.05) is 41.9 Å². The van der Waals surface area contributed by atoms with E-state index in [1.165, 1.54) is 0 Å². The maximum Gasteiger partial charge on any atom is 0.270 e. The Kier molecular flexibility index (Phi) is 3.49. The Morgan fingerprint density at radius 3 is 2.62 bits per heavy atom. The van der Waals surface area contributed by atoms with Gasteiger partial charge in [0.05, 0.1) is 6.04 Å². The number of fused-ring (bicyclic) bond motifs is 1. The summed E-state index contributed by atoms with van der Waals surface area (Å²) >= 11 is 0. The SMILES string of the molecule is CNC(=O)[C@H]1C[C@@H]2CN(C(=O)c3cccn3C)C[C@@H]2N1C. The highest BCUT2D eigenvalue weighted by molar-refractivity contribution is 5.93. The predicted molar refractivity (Wildman–Crippen MR) is 78.8 cm³/mol. The van der Waals surface area contributed by atoms with Crippen LogP contribution in [0.1, 0.15) is 16.9 Å². The number of carbonyl (C=O) groups excluding carboxylic acids is 2. The Labute approximate surface area is 124 Å². The van der Waals surface area contributed by atoms with Crippen LogP contribution in [-0.2, 0) is 11.8 Å². The first-order chi connectivity index (χ1) is 10.0. The Hall–Kier alpha value is -1.82. The smallest absolute Gasteiger partial charge is 0.270 e. The molecule has 2 aliphatic heterocycles. The summed E-state index contributed by atoms with van der Waals surface area (Å²) in [5.41, 5.74) is 0.723. The minimum Gasteiger partial charge on any atom is -0.358 e. The van der Waals surface area contributed by atoms with Crippen molar-refractivity contribution in [1.82, 2.24) is 19.7 Å². The zero-order chi connectivity index (χ0) is 15.1. The number of nitrogens with one attached hydrogen (secondary N) is 1. The zero-order valence-corrected chi connectivity index (χ0v) is 12.7. The van der Waals surface area contributed by atoms with Crippen molar-refractivity contribution in [2.75, 3.05) is 27.2 Å². The van der Waals surface area contributed by atoms with Crippen LogP contribution in [0.3, 0.4) is 0 Å². The molecule has 2 aliphatic rings. The third-order valence-electron chi connectivity index (χ3n) is 4.95. The van der Waals surface area contributed by atoms with Gasteiger partial charge in [-0.25, -0.2) is 0 Å². The molecule has 21 heavy (non-hydrogen) atoms. The van der Waals surface area contributed by atoms with Gasteiger partial charge in [0.2, 0.25) is 5.91 Å². The summed E-state index contributed by atoms with van der Waals surface area (Å²) in [6.07, 6.45) is 2.72. The van der Waals surface area contributed by atoms with Gasteiger partial charge >= 0.3 is 0 Å². The van der Waals surface area contributed by atoms with Crippen LogP contribution in [0.4, 0.5) is 0 Å². The molecule has 1 N–H and O–H groups in total. The van der Waals surface area contributed by atoms with Crippen molar-refractivity contribution in [2.24, 2.45) is 13.0 Å². The molecular formula is C15H22N4O2. The van der Waals surface area contributed by atoms with E-state index in [4.69, 9.17) is 0 Å². The lowest BCUT2D eigenvalue weighted by Gasteiger charge is -2.25. The minimum absolute atomic E-state index is 0.0581. The number of carbonyl (C=O) groups is 2. The molecule has 1 aromatic heterocycles. The monoisotopic (exact) mass is 290 g/mol. The molecule has 114 valence electrons. The molecular weight excluding hydrogens is 268 g/mol. The van der Waals surface area contributed by atoms with Gasteiger partial charge in [0.15, 0.2) is 0 Å². The van der Waals surface area contributed by atoms with Crippen LogP contribution >= 0.6 is 0 Å². The third-order valence-corrected chi connectivity index (χ3v) is 4.95. The fraction of sp³-hybridized carbons (Fsp3) is 0.600. The van der Waals surface area contributed by atoms with Crippen molar-refractivity contribution in [3.05, 3.63) is 24.0 Å². The molecule has 3 rings (SSSR count). The quantitative estimate of drug-likeness (QED) is 0.828. The number of likely N-dealkylation sites (N-methyl/N-ethyl adjacent to an activating group) is 2. The van der Waals surface area contributed by atoms with E-state index < -0.39 is 0 Å². The van der Waals surface area contributed by atoms with E-state index >= 15 is 0 Å². The molecule has 2 amide bonds. The number of likely N-dealkylation sites (tertiary alicyclic amines) is 2. The average molecular weight is 290 g/mol. The van der Waals surface area contributed by atoms with Gasteiger partial charge in [-0.15, -0.1) is 0 Å². The van der Waals surface area contributed by atoms with Crippen molar-refractivity contribution < 1.29 is 9.59 Å². The predicted octanol–water partition coefficient (Wildman–Crippen LogP) is -0.0842. The molecule has 2 saturated heterocycles. The second-order valence-electron chi connectivity index (χ2n) is 6.07. The van der Waals surface area contributed by atoms with Gasteiger partial charge < -0.3 is 14.8 Å². The molecule has 0 saturated carbocycles. The minimum atomic E-state index is -0.0581. The van der Waals surface area contributed by atoms with Gasteiger partial charge in [-0.2, -0.15) is 0 Å². The molecule has 0 spiro atoms. The van der Waals surface area contributed by atoms with E-state index in [0.29, 0.717) is 12.5 Å². The topological polar surface area (TPSA) is 57.6 Å². The van der Waals surface area contributed by atoms with E-state index in [2.05, 4.69) is 10.2 Å². The number of aryl methyl sites for hydroxylation is 1. The molecule has 3 heterocycles. The summed E-state index contributed by atoms with van der Waals surface area (Å²) in [7, 11) is 5.55. The summed E-state index contributed by atoms with van der Waals surface area (Å²) in [4.78, 5) is 28.5. The molecule has 6 nitrogen and oxygen atoms in total. The molecule has 6 heteroatoms. The largest absolute Gasteiger partial charge is 0.358 e. The Bertz CT molecular complexity index is 568. The van der Waals surface area contributed by atoms with Crippen LogP contribution in [-0.4, -0.2) is 65.4 Å². The highest BCUT2D eigenvalue weighted by Crippen LogP contribution is 2.35. The van der Waals surface area contributed by atoms with Crippen molar-refractivity contribution >= 4 is 11.8 Å². The number of nitrogens with zero attached hydrogens (tertiary/aromatic N) is 3. The summed E-state index contributed by atoms with van der Waals surface area (Å²) in [6, 6.07) is 3.97. The molecule has 0 unspecified atom stereocenters. The van der Waals surface area contributed by atoms with Gasteiger partial charge in [0.1, 0.15) is 5.69 Å².